The van der Waals surface area contributed by atoms with Gasteiger partial charge < -0.3 is 9.73 Å². The van der Waals surface area contributed by atoms with Crippen molar-refractivity contribution in [2.24, 2.45) is 0 Å². The van der Waals surface area contributed by atoms with E-state index in [1.54, 1.807) is 0 Å². The van der Waals surface area contributed by atoms with Gasteiger partial charge in [0, 0.05) is 26.2 Å². The third-order valence-corrected chi connectivity index (χ3v) is 4.92. The first-order valence-electron chi connectivity index (χ1n) is 6.34. The lowest BCUT2D eigenvalue weighted by atomic mass is 10.4. The van der Waals surface area contributed by atoms with Crippen LogP contribution in [0.1, 0.15) is 5.76 Å². The van der Waals surface area contributed by atoms with Crippen molar-refractivity contribution in [1.29, 1.82) is 0 Å². The van der Waals surface area contributed by atoms with E-state index in [9.17, 15) is 21.6 Å². The summed E-state index contributed by atoms with van der Waals surface area (Å²) in [5, 5.41) is 2.95. The van der Waals surface area contributed by atoms with Gasteiger partial charge in [-0.1, -0.05) is 0 Å². The van der Waals surface area contributed by atoms with Crippen LogP contribution in [0, 0.1) is 0 Å². The van der Waals surface area contributed by atoms with Crippen LogP contribution in [-0.2, 0) is 16.8 Å². The summed E-state index contributed by atoms with van der Waals surface area (Å²) < 4.78 is 69.1. The molecule has 0 aliphatic carbocycles. The molecule has 2 rings (SSSR count). The molecule has 1 fully saturated rings. The van der Waals surface area contributed by atoms with E-state index in [4.69, 9.17) is 4.42 Å². The third-order valence-electron chi connectivity index (χ3n) is 3.00. The monoisotopic (exact) mass is 327 g/mol. The Hall–Kier alpha value is -1.10. The smallest absolute Gasteiger partial charge is 0.402 e. The van der Waals surface area contributed by atoms with E-state index in [1.165, 1.54) is 18.4 Å². The van der Waals surface area contributed by atoms with Crippen LogP contribution in [-0.4, -0.2) is 55.9 Å². The van der Waals surface area contributed by atoms with E-state index in [0.29, 0.717) is 17.4 Å². The summed E-state index contributed by atoms with van der Waals surface area (Å²) in [5.41, 5.74) is 0. The molecular formula is C11H16F3N3O3S. The fourth-order valence-corrected chi connectivity index (χ4v) is 3.60. The van der Waals surface area contributed by atoms with Crippen molar-refractivity contribution < 1.29 is 26.0 Å². The zero-order valence-electron chi connectivity index (χ0n) is 11.1. The van der Waals surface area contributed by atoms with Crippen molar-refractivity contribution in [3.8, 4) is 0 Å². The Labute approximate surface area is 120 Å². The normalized spacial score (nSPS) is 18.3. The molecule has 1 aromatic heterocycles. The molecule has 1 N–H and O–H groups in total. The van der Waals surface area contributed by atoms with Gasteiger partial charge in [0.05, 0.1) is 12.8 Å². The molecule has 0 spiro atoms. The minimum atomic E-state index is -4.62. The molecule has 1 aliphatic heterocycles. The van der Waals surface area contributed by atoms with Gasteiger partial charge in [-0.15, -0.1) is 0 Å². The van der Waals surface area contributed by atoms with Crippen molar-refractivity contribution in [3.63, 3.8) is 0 Å². The number of hydrogen-bond donors (Lipinski definition) is 1. The predicted octanol–water partition coefficient (Wildman–Crippen LogP) is 0.794. The molecule has 0 unspecified atom stereocenters. The highest BCUT2D eigenvalue weighted by atomic mass is 32.2. The van der Waals surface area contributed by atoms with Crippen molar-refractivity contribution in [2.75, 3.05) is 32.7 Å². The highest BCUT2D eigenvalue weighted by Gasteiger charge is 2.39. The number of hydrogen-bond acceptors (Lipinski definition) is 4. The molecule has 21 heavy (non-hydrogen) atoms. The van der Waals surface area contributed by atoms with Gasteiger partial charge in [0.2, 0.25) is 0 Å². The summed E-state index contributed by atoms with van der Waals surface area (Å²) in [6.07, 6.45) is -3.33. The molecule has 6 nitrogen and oxygen atoms in total. The number of halogens is 3. The van der Waals surface area contributed by atoms with E-state index < -0.39 is 29.5 Å². The Morgan fingerprint density at radius 3 is 2.52 bits per heavy atom. The third kappa shape index (κ3) is 4.43. The maximum Gasteiger partial charge on any atom is 0.402 e. The Morgan fingerprint density at radius 2 is 2.00 bits per heavy atom. The molecule has 0 aromatic carbocycles. The number of furan rings is 1. The van der Waals surface area contributed by atoms with Gasteiger partial charge in [-0.2, -0.15) is 30.2 Å². The molecule has 1 saturated heterocycles. The Morgan fingerprint density at radius 1 is 1.33 bits per heavy atom. The summed E-state index contributed by atoms with van der Waals surface area (Å²) in [6.45, 7) is -0.859. The highest BCUT2D eigenvalue weighted by molar-refractivity contribution is 7.86. The zero-order valence-corrected chi connectivity index (χ0v) is 12.0. The molecule has 10 heteroatoms. The van der Waals surface area contributed by atoms with Gasteiger partial charge in [-0.05, 0) is 12.1 Å². The quantitative estimate of drug-likeness (QED) is 0.868. The van der Waals surface area contributed by atoms with Crippen molar-refractivity contribution in [2.45, 2.75) is 12.7 Å². The van der Waals surface area contributed by atoms with E-state index in [2.05, 4.69) is 5.32 Å². The lowest BCUT2D eigenvalue weighted by Crippen LogP contribution is -2.53. The van der Waals surface area contributed by atoms with Crippen LogP contribution in [0.5, 0.6) is 0 Å². The Bertz CT molecular complexity index is 539. The van der Waals surface area contributed by atoms with E-state index in [0.717, 1.165) is 4.31 Å². The lowest BCUT2D eigenvalue weighted by molar-refractivity contribution is -0.137. The maximum atomic E-state index is 12.7. The first kappa shape index (κ1) is 16.3. The van der Waals surface area contributed by atoms with Crippen LogP contribution >= 0.6 is 0 Å². The average Bonchev–Trinajstić information content (AvgIpc) is 2.90. The van der Waals surface area contributed by atoms with Gasteiger partial charge in [0.25, 0.3) is 10.2 Å². The van der Waals surface area contributed by atoms with Gasteiger partial charge in [0.1, 0.15) is 12.3 Å². The topological polar surface area (TPSA) is 65.8 Å². The van der Waals surface area contributed by atoms with Gasteiger partial charge in [-0.3, -0.25) is 0 Å². The molecule has 1 aliphatic rings. The van der Waals surface area contributed by atoms with Crippen LogP contribution in [0.3, 0.4) is 0 Å². The second-order valence-corrected chi connectivity index (χ2v) is 6.55. The Kier molecular flexibility index (Phi) is 4.91. The molecule has 0 radical (unpaired) electrons. The van der Waals surface area contributed by atoms with Crippen LogP contribution in [0.15, 0.2) is 22.8 Å². The number of alkyl halides is 3. The van der Waals surface area contributed by atoms with Gasteiger partial charge >= 0.3 is 6.18 Å². The van der Waals surface area contributed by atoms with E-state index in [1.807, 2.05) is 0 Å². The van der Waals surface area contributed by atoms with Crippen molar-refractivity contribution >= 4 is 10.2 Å². The first-order chi connectivity index (χ1) is 9.79. The summed E-state index contributed by atoms with van der Waals surface area (Å²) in [6, 6.07) is 2.94. The minimum Gasteiger partial charge on any atom is -0.468 e. The molecule has 0 amide bonds. The SMILES string of the molecule is O=S(=O)(N1CCNCC1)N(Cc1ccco1)CC(F)(F)F. The summed E-state index contributed by atoms with van der Waals surface area (Å²) in [5.74, 6) is 0.165. The minimum absolute atomic E-state index is 0.148. The molecule has 0 saturated carbocycles. The standard InChI is InChI=1S/C11H16F3N3O3S/c12-11(13,14)9-17(8-10-2-1-7-20-10)21(18,19)16-5-3-15-4-6-16/h1-2,7,15H,3-6,8-9H2. The van der Waals surface area contributed by atoms with Crippen molar-refractivity contribution in [1.82, 2.24) is 13.9 Å². The number of rotatable bonds is 5. The Balaban J connectivity index is 2.20. The maximum absolute atomic E-state index is 12.7. The first-order valence-corrected chi connectivity index (χ1v) is 7.74. The second-order valence-electron chi connectivity index (χ2n) is 4.62. The summed E-state index contributed by atoms with van der Waals surface area (Å²) >= 11 is 0. The number of piperazine rings is 1. The molecule has 0 bridgehead atoms. The number of nitrogens with zero attached hydrogens (tertiary/aromatic N) is 2. The van der Waals surface area contributed by atoms with Crippen LogP contribution in [0.2, 0.25) is 0 Å². The molecule has 1 aromatic rings. The molecule has 2 heterocycles. The molecule has 0 atom stereocenters. The number of nitrogens with one attached hydrogen (secondary N) is 1. The van der Waals surface area contributed by atoms with Crippen LogP contribution in [0.4, 0.5) is 13.2 Å². The van der Waals surface area contributed by atoms with E-state index in [-0.39, 0.29) is 18.8 Å². The second kappa shape index (κ2) is 6.34. The molecule has 120 valence electrons. The largest absolute Gasteiger partial charge is 0.468 e. The zero-order chi connectivity index (χ0) is 15.5. The average molecular weight is 327 g/mol. The fourth-order valence-electron chi connectivity index (χ4n) is 2.03. The van der Waals surface area contributed by atoms with Gasteiger partial charge in [-0.25, -0.2) is 0 Å². The summed E-state index contributed by atoms with van der Waals surface area (Å²) in [4.78, 5) is 0. The van der Waals surface area contributed by atoms with E-state index >= 15 is 0 Å². The fraction of sp³-hybridized carbons (Fsp3) is 0.636. The lowest BCUT2D eigenvalue weighted by Gasteiger charge is -2.32. The molecular weight excluding hydrogens is 311 g/mol. The van der Waals surface area contributed by atoms with Crippen molar-refractivity contribution in [3.05, 3.63) is 24.2 Å². The van der Waals surface area contributed by atoms with Crippen LogP contribution < -0.4 is 5.32 Å². The van der Waals surface area contributed by atoms with Gasteiger partial charge in [0.15, 0.2) is 0 Å². The highest BCUT2D eigenvalue weighted by Crippen LogP contribution is 2.22. The predicted molar refractivity (Wildman–Crippen MR) is 68.5 cm³/mol. The summed E-state index contributed by atoms with van der Waals surface area (Å²) in [7, 11) is -4.19. The van der Waals surface area contributed by atoms with Crippen LogP contribution in [0.25, 0.3) is 0 Å².